The van der Waals surface area contributed by atoms with Crippen molar-refractivity contribution in [3.63, 3.8) is 0 Å². The smallest absolute Gasteiger partial charge is 0.234 e. The van der Waals surface area contributed by atoms with Crippen molar-refractivity contribution in [3.05, 3.63) is 59.4 Å². The van der Waals surface area contributed by atoms with Crippen molar-refractivity contribution in [2.75, 3.05) is 22.1 Å². The van der Waals surface area contributed by atoms with E-state index in [0.29, 0.717) is 11.3 Å². The highest BCUT2D eigenvalue weighted by Crippen LogP contribution is 2.16. The molecule has 2 amide bonds. The van der Waals surface area contributed by atoms with E-state index in [9.17, 15) is 14.0 Å². The predicted octanol–water partition coefficient (Wildman–Crippen LogP) is 3.75. The lowest BCUT2D eigenvalue weighted by molar-refractivity contribution is -0.114. The van der Waals surface area contributed by atoms with Gasteiger partial charge in [-0.2, -0.15) is 0 Å². The molecule has 0 aliphatic carbocycles. The second kappa shape index (κ2) is 8.49. The van der Waals surface area contributed by atoms with E-state index in [-0.39, 0.29) is 29.1 Å². The molecular formula is C18H19FN2O2S. The van der Waals surface area contributed by atoms with Gasteiger partial charge < -0.3 is 10.6 Å². The highest BCUT2D eigenvalue weighted by molar-refractivity contribution is 8.00. The standard InChI is InChI=1S/C18H19FN2O2S/c1-12-4-3-5-15(8-12)20-17(22)10-24-11-18(23)21-16-7-6-14(19)9-13(16)2/h3-9H,10-11H2,1-2H3,(H,20,22)(H,21,23). The molecule has 2 rings (SSSR count). The molecule has 0 aromatic heterocycles. The molecule has 0 unspecified atom stereocenters. The zero-order valence-corrected chi connectivity index (χ0v) is 14.4. The van der Waals surface area contributed by atoms with Crippen LogP contribution in [0.5, 0.6) is 0 Å². The Hall–Kier alpha value is -2.34. The maximum atomic E-state index is 13.0. The quantitative estimate of drug-likeness (QED) is 0.837. The summed E-state index contributed by atoms with van der Waals surface area (Å²) < 4.78 is 13.0. The predicted molar refractivity (Wildman–Crippen MR) is 96.9 cm³/mol. The molecule has 0 aliphatic rings. The fourth-order valence-electron chi connectivity index (χ4n) is 2.11. The molecule has 0 aliphatic heterocycles. The highest BCUT2D eigenvalue weighted by atomic mass is 32.2. The van der Waals surface area contributed by atoms with Crippen molar-refractivity contribution < 1.29 is 14.0 Å². The third kappa shape index (κ3) is 5.70. The summed E-state index contributed by atoms with van der Waals surface area (Å²) in [5.74, 6) is -0.385. The summed E-state index contributed by atoms with van der Waals surface area (Å²) in [5, 5.41) is 5.50. The van der Waals surface area contributed by atoms with Gasteiger partial charge >= 0.3 is 0 Å². The summed E-state index contributed by atoms with van der Waals surface area (Å²) in [4.78, 5) is 23.7. The molecule has 4 nitrogen and oxygen atoms in total. The zero-order chi connectivity index (χ0) is 17.5. The third-order valence-electron chi connectivity index (χ3n) is 3.23. The Morgan fingerprint density at radius 3 is 2.38 bits per heavy atom. The van der Waals surface area contributed by atoms with E-state index >= 15 is 0 Å². The number of anilines is 2. The number of thioether (sulfide) groups is 1. The molecule has 0 heterocycles. The van der Waals surface area contributed by atoms with E-state index < -0.39 is 0 Å². The van der Waals surface area contributed by atoms with E-state index in [1.54, 1.807) is 6.92 Å². The van der Waals surface area contributed by atoms with Crippen LogP contribution in [0.25, 0.3) is 0 Å². The van der Waals surface area contributed by atoms with Gasteiger partial charge in [-0.05, 0) is 55.3 Å². The van der Waals surface area contributed by atoms with Gasteiger partial charge in [0.15, 0.2) is 0 Å². The van der Waals surface area contributed by atoms with Crippen LogP contribution in [0.2, 0.25) is 0 Å². The number of rotatable bonds is 6. The van der Waals surface area contributed by atoms with Gasteiger partial charge in [0.2, 0.25) is 11.8 Å². The van der Waals surface area contributed by atoms with E-state index in [1.807, 2.05) is 31.2 Å². The second-order valence-electron chi connectivity index (χ2n) is 5.42. The van der Waals surface area contributed by atoms with Gasteiger partial charge in [-0.3, -0.25) is 9.59 Å². The number of nitrogens with one attached hydrogen (secondary N) is 2. The molecule has 0 fully saturated rings. The second-order valence-corrected chi connectivity index (χ2v) is 6.40. The third-order valence-corrected chi connectivity index (χ3v) is 4.16. The van der Waals surface area contributed by atoms with E-state index in [0.717, 1.165) is 11.3 Å². The highest BCUT2D eigenvalue weighted by Gasteiger charge is 2.08. The van der Waals surface area contributed by atoms with Crippen molar-refractivity contribution in [1.82, 2.24) is 0 Å². The summed E-state index contributed by atoms with van der Waals surface area (Å²) in [6.45, 7) is 3.67. The molecular weight excluding hydrogens is 327 g/mol. The van der Waals surface area contributed by atoms with Crippen LogP contribution in [-0.4, -0.2) is 23.3 Å². The Kier molecular flexibility index (Phi) is 6.37. The van der Waals surface area contributed by atoms with Gasteiger partial charge in [0.05, 0.1) is 11.5 Å². The van der Waals surface area contributed by atoms with Crippen LogP contribution < -0.4 is 10.6 Å². The molecule has 6 heteroatoms. The van der Waals surface area contributed by atoms with Crippen LogP contribution >= 0.6 is 11.8 Å². The van der Waals surface area contributed by atoms with E-state index in [2.05, 4.69) is 10.6 Å². The summed E-state index contributed by atoms with van der Waals surface area (Å²) in [5.41, 5.74) is 3.04. The largest absolute Gasteiger partial charge is 0.325 e. The SMILES string of the molecule is Cc1cccc(NC(=O)CSCC(=O)Nc2ccc(F)cc2C)c1. The Morgan fingerprint density at radius 2 is 1.71 bits per heavy atom. The van der Waals surface area contributed by atoms with Gasteiger partial charge in [0.1, 0.15) is 5.82 Å². The molecule has 0 radical (unpaired) electrons. The number of amides is 2. The Labute approximate surface area is 144 Å². The fourth-order valence-corrected chi connectivity index (χ4v) is 2.73. The molecule has 0 saturated carbocycles. The molecule has 24 heavy (non-hydrogen) atoms. The first-order valence-electron chi connectivity index (χ1n) is 7.44. The average molecular weight is 346 g/mol. The maximum absolute atomic E-state index is 13.0. The Bertz CT molecular complexity index is 750. The number of hydrogen-bond acceptors (Lipinski definition) is 3. The number of hydrogen-bond donors (Lipinski definition) is 2. The van der Waals surface area contributed by atoms with E-state index in [1.165, 1.54) is 30.0 Å². The molecule has 0 saturated heterocycles. The lowest BCUT2D eigenvalue weighted by atomic mass is 10.2. The first-order valence-corrected chi connectivity index (χ1v) is 8.60. The minimum atomic E-state index is -0.340. The van der Waals surface area contributed by atoms with E-state index in [4.69, 9.17) is 0 Å². The van der Waals surface area contributed by atoms with Crippen LogP contribution in [0, 0.1) is 19.7 Å². The topological polar surface area (TPSA) is 58.2 Å². The fraction of sp³-hybridized carbons (Fsp3) is 0.222. The normalized spacial score (nSPS) is 10.3. The molecule has 2 N–H and O–H groups in total. The van der Waals surface area contributed by atoms with Gasteiger partial charge in [-0.25, -0.2) is 4.39 Å². The Balaban J connectivity index is 1.75. The van der Waals surface area contributed by atoms with Crippen LogP contribution in [0.15, 0.2) is 42.5 Å². The van der Waals surface area contributed by atoms with Gasteiger partial charge in [0.25, 0.3) is 0 Å². The number of halogens is 1. The van der Waals surface area contributed by atoms with Crippen LogP contribution in [0.1, 0.15) is 11.1 Å². The van der Waals surface area contributed by atoms with Crippen molar-refractivity contribution >= 4 is 35.0 Å². The lowest BCUT2D eigenvalue weighted by Gasteiger charge is -2.09. The van der Waals surface area contributed by atoms with Crippen molar-refractivity contribution in [3.8, 4) is 0 Å². The summed E-state index contributed by atoms with van der Waals surface area (Å²) in [6, 6.07) is 11.7. The monoisotopic (exact) mass is 346 g/mol. The summed E-state index contributed by atoms with van der Waals surface area (Å²) >= 11 is 1.22. The van der Waals surface area contributed by atoms with Crippen molar-refractivity contribution in [2.45, 2.75) is 13.8 Å². The number of aryl methyl sites for hydroxylation is 2. The number of benzene rings is 2. The zero-order valence-electron chi connectivity index (χ0n) is 13.6. The summed E-state index contributed by atoms with van der Waals surface area (Å²) in [7, 11) is 0. The van der Waals surface area contributed by atoms with Gasteiger partial charge in [-0.15, -0.1) is 11.8 Å². The minimum absolute atomic E-state index is 0.151. The molecule has 0 spiro atoms. The van der Waals surface area contributed by atoms with Crippen LogP contribution in [0.3, 0.4) is 0 Å². The van der Waals surface area contributed by atoms with Gasteiger partial charge in [-0.1, -0.05) is 12.1 Å². The number of carbonyl (C=O) groups excluding carboxylic acids is 2. The lowest BCUT2D eigenvalue weighted by Crippen LogP contribution is -2.18. The van der Waals surface area contributed by atoms with Gasteiger partial charge in [0, 0.05) is 11.4 Å². The van der Waals surface area contributed by atoms with Crippen LogP contribution in [0.4, 0.5) is 15.8 Å². The first-order chi connectivity index (χ1) is 11.4. The maximum Gasteiger partial charge on any atom is 0.234 e. The van der Waals surface area contributed by atoms with Crippen molar-refractivity contribution in [1.29, 1.82) is 0 Å². The summed E-state index contributed by atoms with van der Waals surface area (Å²) in [6.07, 6.45) is 0. The Morgan fingerprint density at radius 1 is 1.00 bits per heavy atom. The van der Waals surface area contributed by atoms with Crippen LogP contribution in [-0.2, 0) is 9.59 Å². The molecule has 2 aromatic rings. The molecule has 0 bridgehead atoms. The number of carbonyl (C=O) groups is 2. The molecule has 0 atom stereocenters. The molecule has 126 valence electrons. The minimum Gasteiger partial charge on any atom is -0.325 e. The average Bonchev–Trinajstić information content (AvgIpc) is 2.50. The van der Waals surface area contributed by atoms with Crippen molar-refractivity contribution in [2.24, 2.45) is 0 Å². The molecule has 2 aromatic carbocycles. The first kappa shape index (κ1) is 18.0.